The first-order valence-electron chi connectivity index (χ1n) is 11.7. The fraction of sp³-hybridized carbons (Fsp3) is 0. The molecule has 0 unspecified atom stereocenters. The molecule has 0 atom stereocenters. The molecular weight excluding hydrogens is 593 g/mol. The Morgan fingerprint density at radius 3 is 0.829 bits per heavy atom. The molecule has 0 aromatic heterocycles. The lowest BCUT2D eigenvalue weighted by Gasteiger charge is -2.27. The van der Waals surface area contributed by atoms with Crippen molar-refractivity contribution in [3.8, 4) is 0 Å². The van der Waals surface area contributed by atoms with E-state index in [9.17, 15) is 39.5 Å². The minimum atomic E-state index is -2.35. The Morgan fingerprint density at radius 2 is 0.537 bits per heavy atom. The van der Waals surface area contributed by atoms with Crippen LogP contribution in [0.15, 0.2) is 91.0 Å². The first kappa shape index (κ1) is 28.8. The second-order valence-electron chi connectivity index (χ2n) is 8.81. The molecule has 0 aliphatic heterocycles. The van der Waals surface area contributed by atoms with Crippen LogP contribution in [0.3, 0.4) is 0 Å². The zero-order valence-electron chi connectivity index (χ0n) is 20.5. The van der Waals surface area contributed by atoms with Gasteiger partial charge in [0.15, 0.2) is 0 Å². The van der Waals surface area contributed by atoms with E-state index in [1.54, 1.807) is 0 Å². The molecule has 11 heteroatoms. The van der Waals surface area contributed by atoms with E-state index < -0.39 is 68.2 Å². The largest absolute Gasteiger partial charge is 0.207 e. The van der Waals surface area contributed by atoms with E-state index in [-0.39, 0.29) is 31.8 Å². The van der Waals surface area contributed by atoms with Crippen molar-refractivity contribution < 1.29 is 39.5 Å². The Bertz CT molecular complexity index is 1590. The summed E-state index contributed by atoms with van der Waals surface area (Å²) in [6, 6.07) is 12.9. The van der Waals surface area contributed by atoms with Gasteiger partial charge in [0.2, 0.25) is 0 Å². The second kappa shape index (κ2) is 11.7. The van der Waals surface area contributed by atoms with Crippen molar-refractivity contribution in [2.24, 2.45) is 0 Å². The Balaban J connectivity index is 1.87. The predicted molar refractivity (Wildman–Crippen MR) is 143 cm³/mol. The molecule has 0 saturated carbocycles. The molecule has 0 nitrogen and oxygen atoms in total. The van der Waals surface area contributed by atoms with Gasteiger partial charge < -0.3 is 0 Å². The summed E-state index contributed by atoms with van der Waals surface area (Å²) in [5, 5.41) is -0.324. The maximum absolute atomic E-state index is 14.9. The summed E-state index contributed by atoms with van der Waals surface area (Å²) >= 11 is 0. The fourth-order valence-electron chi connectivity index (χ4n) is 4.39. The molecule has 5 aromatic rings. The van der Waals surface area contributed by atoms with Crippen molar-refractivity contribution in [1.82, 2.24) is 0 Å². The van der Waals surface area contributed by atoms with Gasteiger partial charge in [0.1, 0.15) is 52.4 Å². The smallest absolute Gasteiger partial charge is 0.126 e. The average molecular weight is 608 g/mol. The fourth-order valence-corrected chi connectivity index (χ4v) is 9.79. The van der Waals surface area contributed by atoms with Crippen LogP contribution in [0.1, 0.15) is 0 Å². The lowest BCUT2D eigenvalue weighted by atomic mass is 10.3. The van der Waals surface area contributed by atoms with Crippen LogP contribution in [-0.4, -0.2) is 0 Å². The van der Waals surface area contributed by atoms with Gasteiger partial charge in [-0.05, 0) is 108 Å². The third kappa shape index (κ3) is 6.47. The highest BCUT2D eigenvalue weighted by molar-refractivity contribution is 7.85. The van der Waals surface area contributed by atoms with Gasteiger partial charge in [-0.2, -0.15) is 0 Å². The quantitative estimate of drug-likeness (QED) is 0.154. The number of hydrogen-bond acceptors (Lipinski definition) is 0. The molecule has 0 aliphatic rings. The number of hydrogen-bond donors (Lipinski definition) is 0. The van der Waals surface area contributed by atoms with Gasteiger partial charge in [-0.15, -0.1) is 0 Å². The molecule has 41 heavy (non-hydrogen) atoms. The molecule has 0 aliphatic carbocycles. The third-order valence-corrected chi connectivity index (χ3v) is 10.8. The van der Waals surface area contributed by atoms with E-state index in [0.717, 1.165) is 60.7 Å². The van der Waals surface area contributed by atoms with Crippen molar-refractivity contribution in [2.45, 2.75) is 0 Å². The van der Waals surface area contributed by atoms with Gasteiger partial charge in [-0.25, -0.2) is 39.5 Å². The van der Waals surface area contributed by atoms with Gasteiger partial charge in [0, 0.05) is 24.3 Å². The van der Waals surface area contributed by atoms with E-state index in [4.69, 9.17) is 0 Å². The standard InChI is InChI=1S/C30H15F9P2/c31-16-1-2-29(40(25-7-17(32)3-18(33)8-25)26-9-19(34)4-20(35)10-26)30(15-16)41(27-11-21(36)5-22(37)12-27)28-13-23(38)6-24(39)14-28/h1-15H. The number of benzene rings is 5. The third-order valence-electron chi connectivity index (χ3n) is 5.84. The molecule has 0 heterocycles. The molecular formula is C30H15F9P2. The van der Waals surface area contributed by atoms with E-state index in [1.807, 2.05) is 0 Å². The predicted octanol–water partition coefficient (Wildman–Crippen LogP) is 6.45. The van der Waals surface area contributed by atoms with Gasteiger partial charge in [0.05, 0.1) is 0 Å². The van der Waals surface area contributed by atoms with Gasteiger partial charge in [-0.3, -0.25) is 0 Å². The van der Waals surface area contributed by atoms with Crippen LogP contribution >= 0.6 is 15.8 Å². The van der Waals surface area contributed by atoms with Crippen molar-refractivity contribution in [3.63, 3.8) is 0 Å². The monoisotopic (exact) mass is 608 g/mol. The van der Waals surface area contributed by atoms with Crippen LogP contribution in [0.25, 0.3) is 0 Å². The summed E-state index contributed by atoms with van der Waals surface area (Å²) in [6.07, 6.45) is 0. The Morgan fingerprint density at radius 1 is 0.268 bits per heavy atom. The van der Waals surface area contributed by atoms with Crippen molar-refractivity contribution in [2.75, 3.05) is 0 Å². The topological polar surface area (TPSA) is 0 Å². The molecule has 0 radical (unpaired) electrons. The van der Waals surface area contributed by atoms with Gasteiger partial charge >= 0.3 is 0 Å². The summed E-state index contributed by atoms with van der Waals surface area (Å²) in [6.45, 7) is 0. The van der Waals surface area contributed by atoms with E-state index in [2.05, 4.69) is 0 Å². The van der Waals surface area contributed by atoms with E-state index in [0.29, 0.717) is 24.3 Å². The maximum atomic E-state index is 14.9. The molecule has 0 amide bonds. The summed E-state index contributed by atoms with van der Waals surface area (Å²) in [5.74, 6) is -8.97. The summed E-state index contributed by atoms with van der Waals surface area (Å²) in [5.41, 5.74) is 0. The maximum Gasteiger partial charge on any atom is 0.126 e. The van der Waals surface area contributed by atoms with Crippen LogP contribution in [-0.2, 0) is 0 Å². The molecule has 5 aromatic carbocycles. The summed E-state index contributed by atoms with van der Waals surface area (Å²) in [4.78, 5) is 0. The normalized spacial score (nSPS) is 11.5. The summed E-state index contributed by atoms with van der Waals surface area (Å²) in [7, 11) is -4.62. The van der Waals surface area contributed by atoms with E-state index >= 15 is 0 Å². The molecule has 0 spiro atoms. The zero-order valence-corrected chi connectivity index (χ0v) is 22.2. The van der Waals surface area contributed by atoms with Crippen LogP contribution < -0.4 is 31.8 Å². The highest BCUT2D eigenvalue weighted by Gasteiger charge is 2.29. The molecule has 5 rings (SSSR count). The van der Waals surface area contributed by atoms with Crippen molar-refractivity contribution in [1.29, 1.82) is 0 Å². The van der Waals surface area contributed by atoms with Crippen LogP contribution in [0.4, 0.5) is 39.5 Å². The van der Waals surface area contributed by atoms with Crippen molar-refractivity contribution >= 4 is 47.7 Å². The highest BCUT2D eigenvalue weighted by atomic mass is 31.1. The van der Waals surface area contributed by atoms with Crippen LogP contribution in [0.2, 0.25) is 0 Å². The Kier molecular flexibility index (Phi) is 8.21. The zero-order chi connectivity index (χ0) is 29.4. The lowest BCUT2D eigenvalue weighted by molar-refractivity contribution is 0.584. The molecule has 0 bridgehead atoms. The second-order valence-corrected chi connectivity index (χ2v) is 13.2. The summed E-state index contributed by atoms with van der Waals surface area (Å²) < 4.78 is 130. The lowest BCUT2D eigenvalue weighted by Crippen LogP contribution is -2.35. The number of rotatable bonds is 6. The number of halogens is 9. The molecule has 0 fully saturated rings. The SMILES string of the molecule is Fc1cc(F)cc(P(c2cc(F)cc(F)c2)c2ccc(F)cc2P(c2cc(F)cc(F)c2)c2cc(F)cc(F)c2)c1. The van der Waals surface area contributed by atoms with Crippen LogP contribution in [0, 0.1) is 52.4 Å². The van der Waals surface area contributed by atoms with E-state index in [1.165, 1.54) is 6.07 Å². The van der Waals surface area contributed by atoms with Gasteiger partial charge in [0.25, 0.3) is 0 Å². The Hall–Kier alpha value is -3.67. The first-order valence-corrected chi connectivity index (χ1v) is 14.4. The molecule has 0 saturated heterocycles. The average Bonchev–Trinajstić information content (AvgIpc) is 2.83. The minimum absolute atomic E-state index is 0.0459. The first-order chi connectivity index (χ1) is 19.5. The molecule has 208 valence electrons. The Labute approximate surface area is 230 Å². The highest BCUT2D eigenvalue weighted by Crippen LogP contribution is 2.40. The molecule has 0 N–H and O–H groups in total. The van der Waals surface area contributed by atoms with Crippen molar-refractivity contribution in [3.05, 3.63) is 143 Å². The van der Waals surface area contributed by atoms with Gasteiger partial charge in [-0.1, -0.05) is 6.07 Å². The van der Waals surface area contributed by atoms with Crippen LogP contribution in [0.5, 0.6) is 0 Å². The minimum Gasteiger partial charge on any atom is -0.207 e.